The molecule has 0 fully saturated rings. The van der Waals surface area contributed by atoms with Gasteiger partial charge in [0, 0.05) is 6.04 Å². The predicted octanol–water partition coefficient (Wildman–Crippen LogP) is 1.95. The highest BCUT2D eigenvalue weighted by Gasteiger charge is 2.18. The second kappa shape index (κ2) is 6.92. The first-order chi connectivity index (χ1) is 8.93. The Morgan fingerprint density at radius 2 is 2.11 bits per heavy atom. The number of hydrogen-bond acceptors (Lipinski definition) is 5. The highest BCUT2D eigenvalue weighted by atomic mass is 16.5. The minimum Gasteiger partial charge on any atom is -0.480 e. The van der Waals surface area contributed by atoms with Crippen molar-refractivity contribution in [3.63, 3.8) is 0 Å². The number of aliphatic carboxylic acids is 1. The van der Waals surface area contributed by atoms with E-state index in [0.29, 0.717) is 11.7 Å². The van der Waals surface area contributed by atoms with Crippen LogP contribution in [0.4, 0.5) is 5.82 Å². The van der Waals surface area contributed by atoms with Gasteiger partial charge in [0.2, 0.25) is 5.88 Å². The SMILES string of the molecule is CCC(C)N(CC(=O)O)c1cncc(OC(C)C)n1. The summed E-state index contributed by atoms with van der Waals surface area (Å²) >= 11 is 0. The Labute approximate surface area is 113 Å². The average Bonchev–Trinajstić information content (AvgIpc) is 2.34. The fourth-order valence-electron chi connectivity index (χ4n) is 1.60. The number of anilines is 1. The maximum atomic E-state index is 10.9. The van der Waals surface area contributed by atoms with Crippen molar-refractivity contribution in [3.8, 4) is 5.88 Å². The molecule has 6 heteroatoms. The Hall–Kier alpha value is -1.85. The van der Waals surface area contributed by atoms with Gasteiger partial charge in [-0.15, -0.1) is 0 Å². The maximum absolute atomic E-state index is 10.9. The maximum Gasteiger partial charge on any atom is 0.323 e. The minimum atomic E-state index is -0.891. The van der Waals surface area contributed by atoms with E-state index in [-0.39, 0.29) is 18.7 Å². The molecule has 1 aromatic rings. The highest BCUT2D eigenvalue weighted by molar-refractivity contribution is 5.73. The Balaban J connectivity index is 2.97. The quantitative estimate of drug-likeness (QED) is 0.813. The number of nitrogens with zero attached hydrogens (tertiary/aromatic N) is 3. The summed E-state index contributed by atoms with van der Waals surface area (Å²) in [6, 6.07) is 0.0692. The van der Waals surface area contributed by atoms with Crippen molar-refractivity contribution in [2.45, 2.75) is 46.3 Å². The second-order valence-corrected chi connectivity index (χ2v) is 4.66. The molecule has 0 bridgehead atoms. The lowest BCUT2D eigenvalue weighted by Crippen LogP contribution is -2.37. The first-order valence-electron chi connectivity index (χ1n) is 6.41. The van der Waals surface area contributed by atoms with Gasteiger partial charge in [-0.3, -0.25) is 9.78 Å². The molecule has 0 saturated heterocycles. The summed E-state index contributed by atoms with van der Waals surface area (Å²) in [5.74, 6) is 0.0402. The van der Waals surface area contributed by atoms with E-state index < -0.39 is 5.97 Å². The number of carboxylic acids is 1. The monoisotopic (exact) mass is 267 g/mol. The summed E-state index contributed by atoms with van der Waals surface area (Å²) in [4.78, 5) is 21.0. The highest BCUT2D eigenvalue weighted by Crippen LogP contribution is 2.18. The first kappa shape index (κ1) is 15.2. The van der Waals surface area contributed by atoms with Crippen LogP contribution in [0.5, 0.6) is 5.88 Å². The Morgan fingerprint density at radius 3 is 2.63 bits per heavy atom. The van der Waals surface area contributed by atoms with Crippen molar-refractivity contribution in [3.05, 3.63) is 12.4 Å². The summed E-state index contributed by atoms with van der Waals surface area (Å²) in [5.41, 5.74) is 0. The molecule has 1 atom stereocenters. The molecule has 6 nitrogen and oxygen atoms in total. The van der Waals surface area contributed by atoms with Gasteiger partial charge in [-0.05, 0) is 27.2 Å². The molecule has 1 N–H and O–H groups in total. The third kappa shape index (κ3) is 4.73. The van der Waals surface area contributed by atoms with Crippen LogP contribution < -0.4 is 9.64 Å². The lowest BCUT2D eigenvalue weighted by atomic mass is 10.2. The van der Waals surface area contributed by atoms with Crippen molar-refractivity contribution in [2.24, 2.45) is 0 Å². The topological polar surface area (TPSA) is 75.6 Å². The lowest BCUT2D eigenvalue weighted by Gasteiger charge is -2.27. The van der Waals surface area contributed by atoms with Gasteiger partial charge in [0.1, 0.15) is 6.54 Å². The van der Waals surface area contributed by atoms with E-state index in [0.717, 1.165) is 6.42 Å². The third-order valence-corrected chi connectivity index (χ3v) is 2.68. The molecule has 0 amide bonds. The number of ether oxygens (including phenoxy) is 1. The molecule has 0 aliphatic carbocycles. The Bertz CT molecular complexity index is 423. The van der Waals surface area contributed by atoms with Crippen molar-refractivity contribution in [1.29, 1.82) is 0 Å². The fourth-order valence-corrected chi connectivity index (χ4v) is 1.60. The summed E-state index contributed by atoms with van der Waals surface area (Å²) in [5, 5.41) is 8.98. The van der Waals surface area contributed by atoms with Crippen LogP contribution in [0, 0.1) is 0 Å². The van der Waals surface area contributed by atoms with Crippen LogP contribution in [0.3, 0.4) is 0 Å². The van der Waals surface area contributed by atoms with Gasteiger partial charge in [0.05, 0.1) is 18.5 Å². The van der Waals surface area contributed by atoms with Crippen LogP contribution in [0.15, 0.2) is 12.4 Å². The molecule has 1 heterocycles. The van der Waals surface area contributed by atoms with Crippen LogP contribution in [0.25, 0.3) is 0 Å². The van der Waals surface area contributed by atoms with Gasteiger partial charge >= 0.3 is 5.97 Å². The number of rotatable bonds is 7. The zero-order valence-electron chi connectivity index (χ0n) is 11.8. The normalized spacial score (nSPS) is 12.3. The van der Waals surface area contributed by atoms with Crippen LogP contribution in [-0.4, -0.2) is 39.7 Å². The zero-order valence-corrected chi connectivity index (χ0v) is 11.8. The summed E-state index contributed by atoms with van der Waals surface area (Å²) in [6.45, 7) is 7.66. The molecule has 0 aliphatic heterocycles. The number of carboxylic acid groups (broad SMARTS) is 1. The number of carbonyl (C=O) groups is 1. The van der Waals surface area contributed by atoms with E-state index >= 15 is 0 Å². The average molecular weight is 267 g/mol. The van der Waals surface area contributed by atoms with Crippen LogP contribution in [0.1, 0.15) is 34.1 Å². The van der Waals surface area contributed by atoms with Crippen molar-refractivity contribution in [2.75, 3.05) is 11.4 Å². The van der Waals surface area contributed by atoms with Crippen LogP contribution >= 0.6 is 0 Å². The van der Waals surface area contributed by atoms with Gasteiger partial charge in [0.25, 0.3) is 0 Å². The Morgan fingerprint density at radius 1 is 1.42 bits per heavy atom. The van der Waals surface area contributed by atoms with E-state index in [1.54, 1.807) is 11.1 Å². The smallest absolute Gasteiger partial charge is 0.323 e. The molecule has 0 spiro atoms. The van der Waals surface area contributed by atoms with Crippen molar-refractivity contribution < 1.29 is 14.6 Å². The third-order valence-electron chi connectivity index (χ3n) is 2.68. The number of hydrogen-bond donors (Lipinski definition) is 1. The van der Waals surface area contributed by atoms with E-state index in [4.69, 9.17) is 9.84 Å². The van der Waals surface area contributed by atoms with Gasteiger partial charge in [-0.25, -0.2) is 0 Å². The largest absolute Gasteiger partial charge is 0.480 e. The second-order valence-electron chi connectivity index (χ2n) is 4.66. The molecule has 1 unspecified atom stereocenters. The standard InChI is InChI=1S/C13H21N3O3/c1-5-10(4)16(8-13(17)18)11-6-14-7-12(15-11)19-9(2)3/h6-7,9-10H,5,8H2,1-4H3,(H,17,18). The fraction of sp³-hybridized carbons (Fsp3) is 0.615. The van der Waals surface area contributed by atoms with Crippen molar-refractivity contribution >= 4 is 11.8 Å². The van der Waals surface area contributed by atoms with Gasteiger partial charge < -0.3 is 14.7 Å². The minimum absolute atomic E-state index is 0.000993. The predicted molar refractivity (Wildman–Crippen MR) is 72.5 cm³/mol. The molecule has 0 aliphatic rings. The molecular weight excluding hydrogens is 246 g/mol. The van der Waals surface area contributed by atoms with Crippen LogP contribution in [-0.2, 0) is 4.79 Å². The number of aromatic nitrogens is 2. The van der Waals surface area contributed by atoms with E-state index in [9.17, 15) is 4.79 Å². The van der Waals surface area contributed by atoms with Gasteiger partial charge in [-0.2, -0.15) is 4.98 Å². The van der Waals surface area contributed by atoms with Gasteiger partial charge in [0.15, 0.2) is 5.82 Å². The van der Waals surface area contributed by atoms with Crippen molar-refractivity contribution in [1.82, 2.24) is 9.97 Å². The van der Waals surface area contributed by atoms with E-state index in [1.807, 2.05) is 27.7 Å². The molecule has 1 rings (SSSR count). The molecule has 19 heavy (non-hydrogen) atoms. The van der Waals surface area contributed by atoms with Crippen LogP contribution in [0.2, 0.25) is 0 Å². The van der Waals surface area contributed by atoms with E-state index in [2.05, 4.69) is 9.97 Å². The first-order valence-corrected chi connectivity index (χ1v) is 6.41. The molecule has 0 radical (unpaired) electrons. The molecule has 106 valence electrons. The summed E-state index contributed by atoms with van der Waals surface area (Å²) < 4.78 is 5.48. The van der Waals surface area contributed by atoms with E-state index in [1.165, 1.54) is 6.20 Å². The molecular formula is C13H21N3O3. The molecule has 1 aromatic heterocycles. The zero-order chi connectivity index (χ0) is 14.4. The summed E-state index contributed by atoms with van der Waals surface area (Å²) in [7, 11) is 0. The molecule has 0 saturated carbocycles. The Kier molecular flexibility index (Phi) is 5.54. The molecule has 0 aromatic carbocycles. The lowest BCUT2D eigenvalue weighted by molar-refractivity contribution is -0.135. The summed E-state index contributed by atoms with van der Waals surface area (Å²) in [6.07, 6.45) is 3.91. The van der Waals surface area contributed by atoms with Gasteiger partial charge in [-0.1, -0.05) is 6.92 Å².